The van der Waals surface area contributed by atoms with Gasteiger partial charge in [0.1, 0.15) is 0 Å². The van der Waals surface area contributed by atoms with Gasteiger partial charge >= 0.3 is 0 Å². The summed E-state index contributed by atoms with van der Waals surface area (Å²) >= 11 is 0. The van der Waals surface area contributed by atoms with E-state index in [0.717, 1.165) is 11.3 Å². The molecule has 288 valence electrons. The van der Waals surface area contributed by atoms with E-state index in [4.69, 9.17) is 0 Å². The van der Waals surface area contributed by atoms with Gasteiger partial charge in [-0.05, 0) is 89.4 Å². The van der Waals surface area contributed by atoms with E-state index in [1.165, 1.54) is 114 Å². The van der Waals surface area contributed by atoms with Gasteiger partial charge in [0.15, 0.2) is 0 Å². The van der Waals surface area contributed by atoms with Gasteiger partial charge in [-0.1, -0.05) is 192 Å². The number of rotatable bonds is 10. The van der Waals surface area contributed by atoms with Crippen LogP contribution in [0.25, 0.3) is 22.3 Å². The van der Waals surface area contributed by atoms with Crippen molar-refractivity contribution in [2.45, 2.75) is 75.5 Å². The molecule has 0 radical (unpaired) electrons. The van der Waals surface area contributed by atoms with Crippen LogP contribution in [0.5, 0.6) is 0 Å². The molecule has 0 unspecified atom stereocenters. The highest BCUT2D eigenvalue weighted by Gasteiger charge is 2.34. The Morgan fingerprint density at radius 2 is 0.696 bits per heavy atom. The average Bonchev–Trinajstić information content (AvgIpc) is 3.26. The van der Waals surface area contributed by atoms with Gasteiger partial charge in [-0.2, -0.15) is 0 Å². The Morgan fingerprint density at radius 1 is 0.357 bits per heavy atom. The van der Waals surface area contributed by atoms with Crippen LogP contribution in [0.4, 0.5) is 11.4 Å². The first-order chi connectivity index (χ1) is 27.5. The number of para-hydroxylation sites is 2. The summed E-state index contributed by atoms with van der Waals surface area (Å²) in [7, 11) is 7.84. The average molecular weight is 775 g/mol. The third-order valence-corrected chi connectivity index (χ3v) is 17.7. The maximum atomic E-state index is 2.50. The quantitative estimate of drug-likeness (QED) is 0.128. The van der Waals surface area contributed by atoms with Gasteiger partial charge in [-0.25, -0.2) is 0 Å². The summed E-state index contributed by atoms with van der Waals surface area (Å²) in [6, 6.07) is 57.8. The molecule has 0 aliphatic heterocycles. The SMILES string of the molecule is CN(C)c1ccccc1-c1ccccc1P(C1CCCCC1)C1CCCCC1.CN(C)c1ccccc1-c1ccccc1P(c1ccccc1)c1ccccc1. The molecule has 2 aliphatic rings. The monoisotopic (exact) mass is 774 g/mol. The summed E-state index contributed by atoms with van der Waals surface area (Å²) in [6.07, 6.45) is 14.6. The van der Waals surface area contributed by atoms with Crippen LogP contribution in [0, 0.1) is 0 Å². The van der Waals surface area contributed by atoms with Crippen molar-refractivity contribution >= 4 is 48.4 Å². The molecule has 0 spiro atoms. The molecular formula is C52H60N2P2. The van der Waals surface area contributed by atoms with Crippen molar-refractivity contribution in [1.82, 2.24) is 0 Å². The van der Waals surface area contributed by atoms with Crippen LogP contribution in [-0.4, -0.2) is 39.5 Å². The van der Waals surface area contributed by atoms with Gasteiger partial charge in [-0.3, -0.25) is 0 Å². The van der Waals surface area contributed by atoms with Crippen LogP contribution < -0.4 is 31.0 Å². The highest BCUT2D eigenvalue weighted by atomic mass is 31.1. The predicted octanol–water partition coefficient (Wildman–Crippen LogP) is 12.4. The number of hydrogen-bond donors (Lipinski definition) is 0. The Morgan fingerprint density at radius 3 is 1.12 bits per heavy atom. The third kappa shape index (κ3) is 9.48. The van der Waals surface area contributed by atoms with E-state index in [-0.39, 0.29) is 7.92 Å². The van der Waals surface area contributed by atoms with Crippen molar-refractivity contribution in [2.24, 2.45) is 0 Å². The van der Waals surface area contributed by atoms with Crippen LogP contribution >= 0.6 is 15.8 Å². The summed E-state index contributed by atoms with van der Waals surface area (Å²) in [4.78, 5) is 4.47. The fourth-order valence-corrected chi connectivity index (χ4v) is 15.4. The minimum atomic E-state index is -0.641. The minimum Gasteiger partial charge on any atom is -0.377 e. The second-order valence-corrected chi connectivity index (χ2v) is 20.8. The van der Waals surface area contributed by atoms with Crippen molar-refractivity contribution < 1.29 is 0 Å². The Balaban J connectivity index is 0.000000172. The van der Waals surface area contributed by atoms with E-state index in [1.807, 2.05) is 0 Å². The Labute approximate surface area is 340 Å². The second kappa shape index (κ2) is 19.8. The van der Waals surface area contributed by atoms with Crippen molar-refractivity contribution in [3.63, 3.8) is 0 Å². The maximum absolute atomic E-state index is 2.50. The fourth-order valence-electron chi connectivity index (χ4n) is 9.00. The van der Waals surface area contributed by atoms with Crippen molar-refractivity contribution in [3.05, 3.63) is 158 Å². The summed E-state index contributed by atoms with van der Waals surface area (Å²) in [5, 5.41) is 5.84. The molecular weight excluding hydrogens is 715 g/mol. The van der Waals surface area contributed by atoms with Crippen molar-refractivity contribution in [1.29, 1.82) is 0 Å². The molecule has 2 aliphatic carbocycles. The lowest BCUT2D eigenvalue weighted by Crippen LogP contribution is -2.27. The van der Waals surface area contributed by atoms with E-state index in [9.17, 15) is 0 Å². The molecule has 6 aromatic rings. The number of hydrogen-bond acceptors (Lipinski definition) is 2. The summed E-state index contributed by atoms with van der Waals surface area (Å²) in [5.41, 5.74) is 9.99. The standard InChI is InChI=1S/C26H36NP.C26H24NP/c2*1-27(2)25-19-11-9-17-23(25)24-18-10-12-20-26(24)28(21-13-5-3-6-14-21)22-15-7-4-8-16-22/h9-12,17-22H,3-8,13-16H2,1-2H3;3-20H,1-2H3. The molecule has 8 rings (SSSR count). The lowest BCUT2D eigenvalue weighted by molar-refractivity contribution is 0.487. The van der Waals surface area contributed by atoms with E-state index in [1.54, 1.807) is 5.30 Å². The number of anilines is 2. The Kier molecular flexibility index (Phi) is 14.1. The van der Waals surface area contributed by atoms with E-state index < -0.39 is 7.92 Å². The lowest BCUT2D eigenvalue weighted by Gasteiger charge is -2.39. The largest absolute Gasteiger partial charge is 0.377 e. The number of benzene rings is 6. The van der Waals surface area contributed by atoms with Crippen LogP contribution in [0.2, 0.25) is 0 Å². The first kappa shape index (κ1) is 40.0. The first-order valence-corrected chi connectivity index (χ1v) is 23.7. The van der Waals surface area contributed by atoms with E-state index in [0.29, 0.717) is 0 Å². The molecule has 0 saturated heterocycles. The normalized spacial score (nSPS) is 15.0. The van der Waals surface area contributed by atoms with Crippen molar-refractivity contribution in [2.75, 3.05) is 38.0 Å². The van der Waals surface area contributed by atoms with Gasteiger partial charge in [-0.15, -0.1) is 0 Å². The zero-order chi connectivity index (χ0) is 38.7. The summed E-state index contributed by atoms with van der Waals surface area (Å²) in [5.74, 6) is 0. The summed E-state index contributed by atoms with van der Waals surface area (Å²) < 4.78 is 0. The highest BCUT2D eigenvalue weighted by molar-refractivity contribution is 7.80. The predicted molar refractivity (Wildman–Crippen MR) is 251 cm³/mol. The van der Waals surface area contributed by atoms with Gasteiger partial charge < -0.3 is 9.80 Å². The van der Waals surface area contributed by atoms with Crippen LogP contribution in [0.1, 0.15) is 64.2 Å². The second-order valence-electron chi connectivity index (χ2n) is 15.9. The Hall–Kier alpha value is -4.22. The lowest BCUT2D eigenvalue weighted by atomic mass is 9.99. The van der Waals surface area contributed by atoms with E-state index >= 15 is 0 Å². The fraction of sp³-hybridized carbons (Fsp3) is 0.308. The molecule has 2 saturated carbocycles. The van der Waals surface area contributed by atoms with Gasteiger partial charge in [0, 0.05) is 50.7 Å². The Bertz CT molecular complexity index is 2040. The molecule has 0 atom stereocenters. The number of nitrogens with zero attached hydrogens (tertiary/aromatic N) is 2. The topological polar surface area (TPSA) is 6.48 Å². The molecule has 0 amide bonds. The van der Waals surface area contributed by atoms with Crippen LogP contribution in [0.15, 0.2) is 158 Å². The van der Waals surface area contributed by atoms with Gasteiger partial charge in [0.2, 0.25) is 0 Å². The van der Waals surface area contributed by atoms with Crippen LogP contribution in [0.3, 0.4) is 0 Å². The molecule has 0 N–H and O–H groups in total. The molecule has 2 nitrogen and oxygen atoms in total. The molecule has 0 bridgehead atoms. The first-order valence-electron chi connectivity index (χ1n) is 20.9. The maximum Gasteiger partial charge on any atom is 0.0440 e. The zero-order valence-electron chi connectivity index (χ0n) is 34.0. The van der Waals surface area contributed by atoms with E-state index in [2.05, 4.69) is 196 Å². The minimum absolute atomic E-state index is 0.0867. The highest BCUT2D eigenvalue weighted by Crippen LogP contribution is 2.56. The van der Waals surface area contributed by atoms with Crippen molar-refractivity contribution in [3.8, 4) is 22.3 Å². The molecule has 0 aromatic heterocycles. The van der Waals surface area contributed by atoms with Gasteiger partial charge in [0.25, 0.3) is 0 Å². The zero-order valence-corrected chi connectivity index (χ0v) is 35.8. The molecule has 4 heteroatoms. The smallest absolute Gasteiger partial charge is 0.0440 e. The molecule has 56 heavy (non-hydrogen) atoms. The van der Waals surface area contributed by atoms with Gasteiger partial charge in [0.05, 0.1) is 0 Å². The molecule has 2 fully saturated rings. The summed E-state index contributed by atoms with van der Waals surface area (Å²) in [6.45, 7) is 0. The third-order valence-electron chi connectivity index (χ3n) is 11.6. The van der Waals surface area contributed by atoms with Crippen LogP contribution in [-0.2, 0) is 0 Å². The molecule has 6 aromatic carbocycles. The molecule has 0 heterocycles.